The number of thiophene rings is 1. The molecule has 0 bridgehead atoms. The first kappa shape index (κ1) is 13.2. The van der Waals surface area contributed by atoms with E-state index in [0.29, 0.717) is 19.9 Å². The summed E-state index contributed by atoms with van der Waals surface area (Å²) in [4.78, 5) is 0.775. The highest BCUT2D eigenvalue weighted by Gasteiger charge is 2.17. The highest BCUT2D eigenvalue weighted by molar-refractivity contribution is 7.16. The Morgan fingerprint density at radius 2 is 1.88 bits per heavy atom. The first-order valence-corrected chi connectivity index (χ1v) is 6.83. The molecule has 0 aliphatic carbocycles. The van der Waals surface area contributed by atoms with Crippen LogP contribution in [0.5, 0.6) is 0 Å². The average Bonchev–Trinajstić information content (AvgIpc) is 2.58. The van der Waals surface area contributed by atoms with Gasteiger partial charge in [0, 0.05) is 20.5 Å². The number of aliphatic hydroxyl groups is 1. The van der Waals surface area contributed by atoms with Gasteiger partial charge in [-0.25, -0.2) is 0 Å². The van der Waals surface area contributed by atoms with Crippen molar-refractivity contribution < 1.29 is 5.11 Å². The van der Waals surface area contributed by atoms with Gasteiger partial charge >= 0.3 is 0 Å². The van der Waals surface area contributed by atoms with E-state index in [9.17, 15) is 5.11 Å². The maximum absolute atomic E-state index is 10.2. The molecule has 1 heterocycles. The van der Waals surface area contributed by atoms with E-state index in [4.69, 9.17) is 34.8 Å². The molecular formula is C12H9Cl3OS. The fraction of sp³-hybridized carbons (Fsp3) is 0.167. The third kappa shape index (κ3) is 2.78. The lowest BCUT2D eigenvalue weighted by molar-refractivity contribution is 0.224. The molecule has 0 aliphatic heterocycles. The molecule has 1 nitrogen and oxygen atoms in total. The van der Waals surface area contributed by atoms with E-state index < -0.39 is 6.10 Å². The van der Waals surface area contributed by atoms with Crippen LogP contribution in [0.3, 0.4) is 0 Å². The van der Waals surface area contributed by atoms with Crippen molar-refractivity contribution in [3.63, 3.8) is 0 Å². The Hall–Kier alpha value is -0.250. The highest BCUT2D eigenvalue weighted by Crippen LogP contribution is 2.36. The smallest absolute Gasteiger partial charge is 0.115 e. The molecule has 17 heavy (non-hydrogen) atoms. The molecule has 1 N–H and O–H groups in total. The maximum atomic E-state index is 10.2. The molecule has 0 saturated heterocycles. The molecule has 1 aromatic carbocycles. The summed E-state index contributed by atoms with van der Waals surface area (Å²) in [6, 6.07) is 6.90. The lowest BCUT2D eigenvalue weighted by Crippen LogP contribution is -1.97. The summed E-state index contributed by atoms with van der Waals surface area (Å²) in [7, 11) is 0. The van der Waals surface area contributed by atoms with Gasteiger partial charge in [-0.1, -0.05) is 40.9 Å². The SMILES string of the molecule is Cc1cc(C(O)c2ccc(Cl)cc2Cl)sc1Cl. The zero-order valence-corrected chi connectivity index (χ0v) is 12.0. The van der Waals surface area contributed by atoms with Crippen LogP contribution in [-0.4, -0.2) is 5.11 Å². The number of hydrogen-bond donors (Lipinski definition) is 1. The van der Waals surface area contributed by atoms with Crippen LogP contribution in [0, 0.1) is 6.92 Å². The predicted octanol–water partition coefficient (Wildman–Crippen LogP) is 5.10. The Morgan fingerprint density at radius 1 is 1.18 bits per heavy atom. The second-order valence-corrected chi connectivity index (χ2v) is 6.20. The third-order valence-corrected chi connectivity index (χ3v) is 4.57. The summed E-state index contributed by atoms with van der Waals surface area (Å²) in [6.45, 7) is 1.90. The van der Waals surface area contributed by atoms with Gasteiger partial charge in [0.25, 0.3) is 0 Å². The summed E-state index contributed by atoms with van der Waals surface area (Å²) in [5.41, 5.74) is 1.59. The lowest BCUT2D eigenvalue weighted by Gasteiger charge is -2.10. The Bertz CT molecular complexity index is 531. The van der Waals surface area contributed by atoms with Gasteiger partial charge in [0.1, 0.15) is 6.10 Å². The van der Waals surface area contributed by atoms with Gasteiger partial charge in [0.2, 0.25) is 0 Å². The molecule has 2 aromatic rings. The summed E-state index contributed by atoms with van der Waals surface area (Å²) in [5.74, 6) is 0. The monoisotopic (exact) mass is 306 g/mol. The number of rotatable bonds is 2. The Labute approximate surface area is 119 Å². The van der Waals surface area contributed by atoms with Crippen LogP contribution < -0.4 is 0 Å². The summed E-state index contributed by atoms with van der Waals surface area (Å²) in [5, 5.41) is 11.2. The van der Waals surface area contributed by atoms with E-state index in [0.717, 1.165) is 10.4 Å². The predicted molar refractivity (Wildman–Crippen MR) is 74.6 cm³/mol. The van der Waals surface area contributed by atoms with Crippen molar-refractivity contribution in [2.75, 3.05) is 0 Å². The zero-order chi connectivity index (χ0) is 12.6. The number of aryl methyl sites for hydroxylation is 1. The van der Waals surface area contributed by atoms with Crippen LogP contribution in [0.25, 0.3) is 0 Å². The molecular weight excluding hydrogens is 299 g/mol. The van der Waals surface area contributed by atoms with E-state index in [1.165, 1.54) is 11.3 Å². The molecule has 0 amide bonds. The van der Waals surface area contributed by atoms with Crippen LogP contribution in [-0.2, 0) is 0 Å². The second-order valence-electron chi connectivity index (χ2n) is 3.67. The van der Waals surface area contributed by atoms with Crippen molar-refractivity contribution in [2.45, 2.75) is 13.0 Å². The molecule has 1 atom stereocenters. The third-order valence-electron chi connectivity index (χ3n) is 2.40. The maximum Gasteiger partial charge on any atom is 0.115 e. The summed E-state index contributed by atoms with van der Waals surface area (Å²) >= 11 is 19.2. The summed E-state index contributed by atoms with van der Waals surface area (Å²) < 4.78 is 0.684. The number of benzene rings is 1. The molecule has 90 valence electrons. The lowest BCUT2D eigenvalue weighted by atomic mass is 10.1. The van der Waals surface area contributed by atoms with Gasteiger partial charge in [-0.2, -0.15) is 0 Å². The second kappa shape index (κ2) is 5.17. The molecule has 1 aromatic heterocycles. The Balaban J connectivity index is 2.39. The van der Waals surface area contributed by atoms with Crippen LogP contribution in [0.2, 0.25) is 14.4 Å². The highest BCUT2D eigenvalue weighted by atomic mass is 35.5. The standard InChI is InChI=1S/C12H9Cl3OS/c1-6-4-10(17-12(6)15)11(16)8-3-2-7(13)5-9(8)14/h2-5,11,16H,1H3. The molecule has 0 fully saturated rings. The minimum Gasteiger partial charge on any atom is -0.383 e. The quantitative estimate of drug-likeness (QED) is 0.818. The minimum absolute atomic E-state index is 0.451. The molecule has 0 radical (unpaired) electrons. The van der Waals surface area contributed by atoms with Gasteiger partial charge < -0.3 is 5.11 Å². The van der Waals surface area contributed by atoms with Crippen molar-refractivity contribution >= 4 is 46.1 Å². The first-order valence-electron chi connectivity index (χ1n) is 4.88. The van der Waals surface area contributed by atoms with Crippen LogP contribution >= 0.6 is 46.1 Å². The van der Waals surface area contributed by atoms with E-state index in [-0.39, 0.29) is 0 Å². The van der Waals surface area contributed by atoms with Crippen LogP contribution in [0.4, 0.5) is 0 Å². The number of hydrogen-bond acceptors (Lipinski definition) is 2. The fourth-order valence-electron chi connectivity index (χ4n) is 1.49. The topological polar surface area (TPSA) is 20.2 Å². The number of halogens is 3. The van der Waals surface area contributed by atoms with Gasteiger partial charge in [-0.15, -0.1) is 11.3 Å². The Kier molecular flexibility index (Phi) is 4.01. The normalized spacial score (nSPS) is 12.8. The van der Waals surface area contributed by atoms with Crippen molar-refractivity contribution in [3.05, 3.63) is 54.7 Å². The average molecular weight is 308 g/mol. The van der Waals surface area contributed by atoms with E-state index >= 15 is 0 Å². The van der Waals surface area contributed by atoms with Crippen molar-refractivity contribution in [1.82, 2.24) is 0 Å². The fourth-order valence-corrected chi connectivity index (χ4v) is 3.23. The minimum atomic E-state index is -0.768. The molecule has 5 heteroatoms. The van der Waals surface area contributed by atoms with E-state index in [2.05, 4.69) is 0 Å². The van der Waals surface area contributed by atoms with Crippen LogP contribution in [0.1, 0.15) is 22.1 Å². The molecule has 1 unspecified atom stereocenters. The van der Waals surface area contributed by atoms with Crippen molar-refractivity contribution in [2.24, 2.45) is 0 Å². The van der Waals surface area contributed by atoms with Gasteiger partial charge in [-0.05, 0) is 30.7 Å². The van der Waals surface area contributed by atoms with Crippen LogP contribution in [0.15, 0.2) is 24.3 Å². The number of aliphatic hydroxyl groups excluding tert-OH is 1. The largest absolute Gasteiger partial charge is 0.383 e. The van der Waals surface area contributed by atoms with Gasteiger partial charge in [0.15, 0.2) is 0 Å². The van der Waals surface area contributed by atoms with E-state index in [1.807, 2.05) is 13.0 Å². The molecule has 2 rings (SSSR count). The Morgan fingerprint density at radius 3 is 2.41 bits per heavy atom. The van der Waals surface area contributed by atoms with Gasteiger partial charge in [-0.3, -0.25) is 0 Å². The molecule has 0 spiro atoms. The summed E-state index contributed by atoms with van der Waals surface area (Å²) in [6.07, 6.45) is -0.768. The van der Waals surface area contributed by atoms with E-state index in [1.54, 1.807) is 18.2 Å². The zero-order valence-electron chi connectivity index (χ0n) is 8.88. The van der Waals surface area contributed by atoms with Crippen molar-refractivity contribution in [1.29, 1.82) is 0 Å². The molecule has 0 aliphatic rings. The van der Waals surface area contributed by atoms with Gasteiger partial charge in [0.05, 0.1) is 4.34 Å². The molecule has 0 saturated carbocycles. The van der Waals surface area contributed by atoms with Crippen molar-refractivity contribution in [3.8, 4) is 0 Å². The first-order chi connectivity index (χ1) is 7.99.